The van der Waals surface area contributed by atoms with Crippen LogP contribution in [0.25, 0.3) is 16.7 Å². The predicted octanol–water partition coefficient (Wildman–Crippen LogP) is 3.30. The number of anilines is 1. The number of nitro groups is 2. The summed E-state index contributed by atoms with van der Waals surface area (Å²) in [7, 11) is 0. The summed E-state index contributed by atoms with van der Waals surface area (Å²) in [6, 6.07) is 9.97. The monoisotopic (exact) mass is 354 g/mol. The Labute approximate surface area is 145 Å². The van der Waals surface area contributed by atoms with Crippen molar-refractivity contribution in [2.75, 3.05) is 5.32 Å². The topological polar surface area (TPSA) is 141 Å². The minimum atomic E-state index is -0.747. The third-order valence-electron chi connectivity index (χ3n) is 3.39. The van der Waals surface area contributed by atoms with Gasteiger partial charge in [0.1, 0.15) is 5.52 Å². The molecule has 0 saturated carbocycles. The Balaban J connectivity index is 1.95. The van der Waals surface area contributed by atoms with E-state index in [1.165, 1.54) is 6.20 Å². The van der Waals surface area contributed by atoms with Gasteiger partial charge >= 0.3 is 0 Å². The van der Waals surface area contributed by atoms with Crippen molar-refractivity contribution < 1.29 is 19.1 Å². The van der Waals surface area contributed by atoms with E-state index in [9.17, 15) is 25.0 Å². The number of oxazole rings is 1. The molecule has 0 radical (unpaired) electrons. The quantitative estimate of drug-likeness (QED) is 0.307. The second-order valence-electron chi connectivity index (χ2n) is 5.10. The molecular formula is C16H10N4O6. The predicted molar refractivity (Wildman–Crippen MR) is 91.4 cm³/mol. The molecule has 10 heteroatoms. The number of nitrogens with one attached hydrogen (secondary N) is 1. The number of carbonyl (C=O) groups excluding carboxylic acids is 1. The summed E-state index contributed by atoms with van der Waals surface area (Å²) in [5, 5.41) is 24.4. The van der Waals surface area contributed by atoms with Crippen LogP contribution >= 0.6 is 0 Å². The minimum Gasteiger partial charge on any atom is -0.436 e. The van der Waals surface area contributed by atoms with Gasteiger partial charge in [-0.3, -0.25) is 25.0 Å². The highest BCUT2D eigenvalue weighted by Gasteiger charge is 2.16. The number of nitrogens with zero attached hydrogens (tertiary/aromatic N) is 3. The molecule has 1 N–H and O–H groups in total. The number of aromatic nitrogens is 1. The zero-order valence-corrected chi connectivity index (χ0v) is 13.0. The summed E-state index contributed by atoms with van der Waals surface area (Å²) in [6.45, 7) is 0. The van der Waals surface area contributed by atoms with E-state index in [0.29, 0.717) is 17.4 Å². The molecule has 2 aromatic carbocycles. The van der Waals surface area contributed by atoms with Gasteiger partial charge in [0.05, 0.1) is 27.2 Å². The average molecular weight is 354 g/mol. The van der Waals surface area contributed by atoms with Crippen LogP contribution in [0.1, 0.15) is 5.89 Å². The fraction of sp³-hybridized carbons (Fsp3) is 0. The maximum absolute atomic E-state index is 11.3. The summed E-state index contributed by atoms with van der Waals surface area (Å²) < 4.78 is 5.47. The Morgan fingerprint density at radius 1 is 1.08 bits per heavy atom. The lowest BCUT2D eigenvalue weighted by molar-refractivity contribution is -0.394. The van der Waals surface area contributed by atoms with Crippen molar-refractivity contribution in [1.82, 2.24) is 4.98 Å². The number of hydrogen-bond donors (Lipinski definition) is 1. The average Bonchev–Trinajstić information content (AvgIpc) is 3.05. The summed E-state index contributed by atoms with van der Waals surface area (Å²) in [5.74, 6) is 0.0497. The van der Waals surface area contributed by atoms with Crippen LogP contribution in [0.15, 0.2) is 53.1 Å². The van der Waals surface area contributed by atoms with Crippen LogP contribution in [-0.2, 0) is 4.79 Å². The van der Waals surface area contributed by atoms with Gasteiger partial charge in [-0.15, -0.1) is 0 Å². The first-order valence-electron chi connectivity index (χ1n) is 7.19. The number of hydrogen-bond acceptors (Lipinski definition) is 8. The second kappa shape index (κ2) is 6.81. The highest BCUT2D eigenvalue weighted by atomic mass is 16.6. The van der Waals surface area contributed by atoms with E-state index < -0.39 is 21.2 Å². The lowest BCUT2D eigenvalue weighted by Gasteiger charge is -2.02. The van der Waals surface area contributed by atoms with Crippen LogP contribution in [0.5, 0.6) is 0 Å². The molecule has 0 unspecified atom stereocenters. The number of carbonyl (C=O) groups is 1. The van der Waals surface area contributed by atoms with Crippen LogP contribution in [0.3, 0.4) is 0 Å². The van der Waals surface area contributed by atoms with Crippen LogP contribution < -0.4 is 5.32 Å². The van der Waals surface area contributed by atoms with Crippen molar-refractivity contribution in [3.8, 4) is 0 Å². The molecule has 1 heterocycles. The smallest absolute Gasteiger partial charge is 0.278 e. The molecule has 0 aliphatic rings. The molecule has 0 saturated heterocycles. The van der Waals surface area contributed by atoms with Gasteiger partial charge in [0.25, 0.3) is 11.4 Å². The molecule has 10 nitrogen and oxygen atoms in total. The maximum Gasteiger partial charge on any atom is 0.278 e. The van der Waals surface area contributed by atoms with E-state index >= 15 is 0 Å². The maximum atomic E-state index is 11.3. The van der Waals surface area contributed by atoms with Gasteiger partial charge in [-0.1, -0.05) is 12.1 Å². The number of aldehydes is 1. The van der Waals surface area contributed by atoms with Crippen molar-refractivity contribution in [1.29, 1.82) is 0 Å². The largest absolute Gasteiger partial charge is 0.436 e. The van der Waals surface area contributed by atoms with E-state index in [4.69, 9.17) is 4.42 Å². The molecular weight excluding hydrogens is 344 g/mol. The Hall–Kier alpha value is -4.08. The van der Waals surface area contributed by atoms with Crippen molar-refractivity contribution in [3.05, 3.63) is 74.8 Å². The molecule has 1 aromatic heterocycles. The number of rotatable bonds is 6. The van der Waals surface area contributed by atoms with Crippen molar-refractivity contribution in [2.45, 2.75) is 0 Å². The molecule has 26 heavy (non-hydrogen) atoms. The summed E-state index contributed by atoms with van der Waals surface area (Å²) in [6.07, 6.45) is 1.70. The number of fused-ring (bicyclic) bond motifs is 1. The van der Waals surface area contributed by atoms with E-state index in [2.05, 4.69) is 10.3 Å². The van der Waals surface area contributed by atoms with Gasteiger partial charge in [0.15, 0.2) is 11.9 Å². The Morgan fingerprint density at radius 3 is 2.31 bits per heavy atom. The lowest BCUT2D eigenvalue weighted by atomic mass is 10.2. The third kappa shape index (κ3) is 3.38. The molecule has 0 spiro atoms. The molecule has 3 rings (SSSR count). The molecule has 0 aliphatic carbocycles. The first-order chi connectivity index (χ1) is 12.5. The zero-order valence-electron chi connectivity index (χ0n) is 13.0. The molecule has 130 valence electrons. The SMILES string of the molecule is O=CC(=CNc1cc([N+](=O)[O-])cc([N+](=O)[O-])c1)c1nc2ccccc2o1. The highest BCUT2D eigenvalue weighted by Crippen LogP contribution is 2.26. The fourth-order valence-corrected chi connectivity index (χ4v) is 2.19. The van der Waals surface area contributed by atoms with E-state index in [1.807, 2.05) is 0 Å². The van der Waals surface area contributed by atoms with E-state index in [1.54, 1.807) is 24.3 Å². The fourth-order valence-electron chi connectivity index (χ4n) is 2.19. The number of allylic oxidation sites excluding steroid dienone is 1. The van der Waals surface area contributed by atoms with Gasteiger partial charge in [-0.2, -0.15) is 0 Å². The lowest BCUT2D eigenvalue weighted by Crippen LogP contribution is -1.97. The third-order valence-corrected chi connectivity index (χ3v) is 3.39. The molecule has 0 amide bonds. The summed E-state index contributed by atoms with van der Waals surface area (Å²) in [5.41, 5.74) is 0.244. The molecule has 0 bridgehead atoms. The van der Waals surface area contributed by atoms with E-state index in [0.717, 1.165) is 18.2 Å². The van der Waals surface area contributed by atoms with Crippen molar-refractivity contribution in [2.24, 2.45) is 0 Å². The number of para-hydroxylation sites is 2. The Bertz CT molecular complexity index is 991. The van der Waals surface area contributed by atoms with Crippen LogP contribution in [0.2, 0.25) is 0 Å². The van der Waals surface area contributed by atoms with Crippen molar-refractivity contribution in [3.63, 3.8) is 0 Å². The number of non-ortho nitro benzene ring substituents is 2. The van der Waals surface area contributed by atoms with Gasteiger partial charge in [0, 0.05) is 18.3 Å². The van der Waals surface area contributed by atoms with Gasteiger partial charge in [0.2, 0.25) is 5.89 Å². The second-order valence-corrected chi connectivity index (χ2v) is 5.10. The Kier molecular flexibility index (Phi) is 4.39. The van der Waals surface area contributed by atoms with Crippen LogP contribution in [0.4, 0.5) is 17.1 Å². The molecule has 0 fully saturated rings. The number of nitro benzene ring substituents is 2. The zero-order chi connectivity index (χ0) is 18.7. The van der Waals surface area contributed by atoms with E-state index in [-0.39, 0.29) is 17.2 Å². The molecule has 0 aliphatic heterocycles. The number of benzene rings is 2. The summed E-state index contributed by atoms with van der Waals surface area (Å²) >= 11 is 0. The standard InChI is InChI=1S/C16H10N4O6/c21-9-10(16-18-14-3-1-2-4-15(14)26-16)8-17-11-5-12(19(22)23)7-13(6-11)20(24)25/h1-9,17H. The molecule has 0 atom stereocenters. The highest BCUT2D eigenvalue weighted by molar-refractivity contribution is 6.06. The first kappa shape index (κ1) is 16.8. The normalized spacial score (nSPS) is 11.3. The van der Waals surface area contributed by atoms with Crippen molar-refractivity contribution >= 4 is 40.0 Å². The molecule has 3 aromatic rings. The van der Waals surface area contributed by atoms with Gasteiger partial charge in [-0.05, 0) is 12.1 Å². The first-order valence-corrected chi connectivity index (χ1v) is 7.19. The Morgan fingerprint density at radius 2 is 1.73 bits per heavy atom. The summed E-state index contributed by atoms with van der Waals surface area (Å²) in [4.78, 5) is 35.8. The van der Waals surface area contributed by atoms with Crippen LogP contribution in [-0.4, -0.2) is 21.1 Å². The van der Waals surface area contributed by atoms with Gasteiger partial charge < -0.3 is 9.73 Å². The van der Waals surface area contributed by atoms with Gasteiger partial charge in [-0.25, -0.2) is 4.98 Å². The minimum absolute atomic E-state index is 0.0374. The van der Waals surface area contributed by atoms with Crippen LogP contribution in [0, 0.1) is 20.2 Å².